The molecule has 0 unspecified atom stereocenters. The smallest absolute Gasteiger partial charge is 0.284 e. The van der Waals surface area contributed by atoms with E-state index in [2.05, 4.69) is 15.6 Å². The maximum atomic E-state index is 13.2. The molecule has 4 rings (SSSR count). The van der Waals surface area contributed by atoms with Gasteiger partial charge in [-0.2, -0.15) is 0 Å². The second kappa shape index (κ2) is 9.02. The average Bonchev–Trinajstić information content (AvgIpc) is 3.42. The van der Waals surface area contributed by atoms with Gasteiger partial charge in [-0.1, -0.05) is 5.16 Å². The van der Waals surface area contributed by atoms with Gasteiger partial charge < -0.3 is 14.4 Å². The Morgan fingerprint density at radius 1 is 1.20 bits per heavy atom. The number of hydrogen-bond donors (Lipinski definition) is 2. The fraction of sp³-hybridized carbons (Fsp3) is 0.286. The van der Waals surface area contributed by atoms with Crippen LogP contribution in [-0.2, 0) is 13.2 Å². The van der Waals surface area contributed by atoms with Crippen LogP contribution in [0, 0.1) is 5.82 Å². The van der Waals surface area contributed by atoms with E-state index in [1.165, 1.54) is 18.3 Å². The molecule has 2 N–H and O–H groups in total. The summed E-state index contributed by atoms with van der Waals surface area (Å²) in [7, 11) is 0. The van der Waals surface area contributed by atoms with Gasteiger partial charge in [-0.05, 0) is 49.2 Å². The number of carbonyl (C=O) groups excluding carboxylic acids is 1. The highest BCUT2D eigenvalue weighted by atomic mass is 19.1. The Morgan fingerprint density at radius 2 is 1.97 bits per heavy atom. The molecule has 0 atom stereocenters. The number of aliphatic hydroxyl groups is 1. The molecular formula is C21H21FN4O4. The van der Waals surface area contributed by atoms with E-state index in [0.29, 0.717) is 28.3 Å². The first-order valence-corrected chi connectivity index (χ1v) is 9.63. The number of hydrogen-bond acceptors (Lipinski definition) is 7. The van der Waals surface area contributed by atoms with Crippen LogP contribution >= 0.6 is 0 Å². The van der Waals surface area contributed by atoms with Crippen molar-refractivity contribution < 1.29 is 23.6 Å². The fourth-order valence-corrected chi connectivity index (χ4v) is 3.24. The van der Waals surface area contributed by atoms with Crippen LogP contribution in [0.1, 0.15) is 34.7 Å². The molecule has 156 valence electrons. The molecule has 3 heterocycles. The highest BCUT2D eigenvalue weighted by Crippen LogP contribution is 2.27. The van der Waals surface area contributed by atoms with Gasteiger partial charge >= 0.3 is 0 Å². The molecule has 0 bridgehead atoms. The zero-order valence-electron chi connectivity index (χ0n) is 16.2. The third kappa shape index (κ3) is 4.47. The van der Waals surface area contributed by atoms with Gasteiger partial charge in [0.1, 0.15) is 36.2 Å². The summed E-state index contributed by atoms with van der Waals surface area (Å²) in [5, 5.41) is 15.4. The number of amides is 1. The first-order chi connectivity index (χ1) is 14.6. The zero-order chi connectivity index (χ0) is 20.9. The monoisotopic (exact) mass is 412 g/mol. The summed E-state index contributed by atoms with van der Waals surface area (Å²) in [6.07, 6.45) is 3.60. The van der Waals surface area contributed by atoms with Crippen molar-refractivity contribution in [3.05, 3.63) is 65.4 Å². The van der Waals surface area contributed by atoms with E-state index in [1.54, 1.807) is 24.3 Å². The summed E-state index contributed by atoms with van der Waals surface area (Å²) >= 11 is 0. The van der Waals surface area contributed by atoms with E-state index < -0.39 is 0 Å². The lowest BCUT2D eigenvalue weighted by atomic mass is 10.1. The number of halogens is 1. The number of rotatable bonds is 7. The van der Waals surface area contributed by atoms with Crippen LogP contribution in [0.25, 0.3) is 11.3 Å². The molecule has 1 aliphatic heterocycles. The van der Waals surface area contributed by atoms with Gasteiger partial charge in [-0.25, -0.2) is 14.4 Å². The molecule has 0 aliphatic carbocycles. The molecule has 0 saturated carbocycles. The number of aromatic nitrogens is 2. The third-order valence-corrected chi connectivity index (χ3v) is 4.85. The normalized spacial score (nSPS) is 14.1. The number of benzene rings is 1. The lowest BCUT2D eigenvalue weighted by Gasteiger charge is -2.15. The molecule has 1 aromatic carbocycles. The summed E-state index contributed by atoms with van der Waals surface area (Å²) in [6, 6.07) is 9.03. The molecule has 1 aliphatic rings. The first-order valence-electron chi connectivity index (χ1n) is 9.63. The molecule has 9 heteroatoms. The van der Waals surface area contributed by atoms with Crippen LogP contribution in [0.4, 0.5) is 4.39 Å². The van der Waals surface area contributed by atoms with Crippen LogP contribution in [0.2, 0.25) is 0 Å². The van der Waals surface area contributed by atoms with E-state index >= 15 is 0 Å². The van der Waals surface area contributed by atoms with Gasteiger partial charge in [0.05, 0.1) is 11.8 Å². The van der Waals surface area contributed by atoms with Crippen molar-refractivity contribution in [1.29, 1.82) is 0 Å². The van der Waals surface area contributed by atoms with Gasteiger partial charge in [0, 0.05) is 18.7 Å². The van der Waals surface area contributed by atoms with E-state index in [1.807, 2.05) is 5.01 Å². The minimum Gasteiger partial charge on any atom is -0.487 e. The van der Waals surface area contributed by atoms with Gasteiger partial charge in [0.25, 0.3) is 5.91 Å². The van der Waals surface area contributed by atoms with Crippen molar-refractivity contribution in [2.24, 2.45) is 0 Å². The quantitative estimate of drug-likeness (QED) is 0.615. The van der Waals surface area contributed by atoms with Crippen molar-refractivity contribution in [2.75, 3.05) is 13.1 Å². The number of hydrazine groups is 1. The number of ether oxygens (including phenoxy) is 1. The lowest BCUT2D eigenvalue weighted by Crippen LogP contribution is -2.40. The van der Waals surface area contributed by atoms with E-state index in [9.17, 15) is 14.3 Å². The molecular weight excluding hydrogens is 391 g/mol. The summed E-state index contributed by atoms with van der Waals surface area (Å²) in [5.74, 6) is 0.0952. The summed E-state index contributed by atoms with van der Waals surface area (Å²) in [5.41, 5.74) is 4.79. The Hall–Kier alpha value is -3.30. The van der Waals surface area contributed by atoms with Crippen molar-refractivity contribution in [3.8, 4) is 17.0 Å². The molecule has 8 nitrogen and oxygen atoms in total. The predicted octanol–water partition coefficient (Wildman–Crippen LogP) is 2.69. The highest BCUT2D eigenvalue weighted by molar-refractivity contribution is 5.91. The topological polar surface area (TPSA) is 101 Å². The van der Waals surface area contributed by atoms with Gasteiger partial charge in [0.15, 0.2) is 5.76 Å². The lowest BCUT2D eigenvalue weighted by molar-refractivity contribution is 0.0820. The Morgan fingerprint density at radius 3 is 2.63 bits per heavy atom. The fourth-order valence-electron chi connectivity index (χ4n) is 3.24. The number of nitrogens with one attached hydrogen (secondary N) is 1. The van der Waals surface area contributed by atoms with Crippen molar-refractivity contribution in [1.82, 2.24) is 20.6 Å². The largest absolute Gasteiger partial charge is 0.487 e. The van der Waals surface area contributed by atoms with E-state index in [0.717, 1.165) is 25.9 Å². The third-order valence-electron chi connectivity index (χ3n) is 4.85. The minimum atomic E-state index is -0.359. The number of pyridine rings is 1. The van der Waals surface area contributed by atoms with Crippen molar-refractivity contribution in [2.45, 2.75) is 26.1 Å². The number of aliphatic hydroxyl groups excluding tert-OH is 1. The standard InChI is InChI=1S/C21H21FN4O4/c22-15-5-3-14(4-6-15)20-17(19(12-27)30-25-20)13-29-16-7-8-18(23-11-16)21(28)24-26-9-1-2-10-26/h3-8,11,27H,1-2,9-10,12-13H2,(H,24,28). The molecule has 1 amide bonds. The maximum Gasteiger partial charge on any atom is 0.284 e. The zero-order valence-corrected chi connectivity index (χ0v) is 16.2. The Labute approximate surface area is 172 Å². The van der Waals surface area contributed by atoms with Crippen LogP contribution in [0.3, 0.4) is 0 Å². The van der Waals surface area contributed by atoms with Crippen LogP contribution in [-0.4, -0.2) is 39.3 Å². The SMILES string of the molecule is O=C(NN1CCCC1)c1ccc(OCc2c(-c3ccc(F)cc3)noc2CO)cn1. The van der Waals surface area contributed by atoms with E-state index in [-0.39, 0.29) is 30.7 Å². The number of nitrogens with zero attached hydrogens (tertiary/aromatic N) is 3. The van der Waals surface area contributed by atoms with Crippen LogP contribution in [0.15, 0.2) is 47.1 Å². The van der Waals surface area contributed by atoms with Gasteiger partial charge in [-0.3, -0.25) is 10.2 Å². The van der Waals surface area contributed by atoms with Crippen LogP contribution < -0.4 is 10.2 Å². The Kier molecular flexibility index (Phi) is 6.01. The van der Waals surface area contributed by atoms with Crippen molar-refractivity contribution >= 4 is 5.91 Å². The van der Waals surface area contributed by atoms with E-state index in [4.69, 9.17) is 9.26 Å². The Bertz CT molecular complexity index is 999. The average molecular weight is 412 g/mol. The summed E-state index contributed by atoms with van der Waals surface area (Å²) < 4.78 is 24.1. The van der Waals surface area contributed by atoms with Gasteiger partial charge in [0.2, 0.25) is 0 Å². The molecule has 0 spiro atoms. The van der Waals surface area contributed by atoms with Crippen molar-refractivity contribution in [3.63, 3.8) is 0 Å². The molecule has 1 saturated heterocycles. The Balaban J connectivity index is 1.43. The molecule has 3 aromatic rings. The van der Waals surface area contributed by atoms with Gasteiger partial charge in [-0.15, -0.1) is 0 Å². The summed E-state index contributed by atoms with van der Waals surface area (Å²) in [4.78, 5) is 16.4. The first kappa shape index (κ1) is 20.0. The highest BCUT2D eigenvalue weighted by Gasteiger charge is 2.19. The predicted molar refractivity (Wildman–Crippen MR) is 105 cm³/mol. The molecule has 0 radical (unpaired) electrons. The maximum absolute atomic E-state index is 13.2. The summed E-state index contributed by atoms with van der Waals surface area (Å²) in [6.45, 7) is 1.40. The minimum absolute atomic E-state index is 0.0626. The molecule has 30 heavy (non-hydrogen) atoms. The molecule has 2 aromatic heterocycles. The second-order valence-electron chi connectivity index (χ2n) is 6.90. The number of carbonyl (C=O) groups is 1. The molecule has 1 fully saturated rings. The second-order valence-corrected chi connectivity index (χ2v) is 6.90. The van der Waals surface area contributed by atoms with Crippen LogP contribution in [0.5, 0.6) is 5.75 Å².